The first-order chi connectivity index (χ1) is 9.09. The normalized spacial score (nSPS) is 10.7. The molecule has 0 aliphatic rings. The molecule has 0 aliphatic heterocycles. The maximum atomic E-state index is 11.6. The van der Waals surface area contributed by atoms with Crippen molar-refractivity contribution >= 4 is 17.4 Å². The van der Waals surface area contributed by atoms with Crippen LogP contribution in [-0.4, -0.2) is 16.0 Å². The van der Waals surface area contributed by atoms with Crippen molar-refractivity contribution in [3.63, 3.8) is 0 Å². The minimum atomic E-state index is -0.314. The lowest BCUT2D eigenvalue weighted by Crippen LogP contribution is -2.32. The smallest absolute Gasteiger partial charge is 0.271 e. The van der Waals surface area contributed by atoms with E-state index in [0.29, 0.717) is 12.4 Å². The molecule has 0 unspecified atom stereocenters. The molecule has 1 heterocycles. The highest BCUT2D eigenvalue weighted by molar-refractivity contribution is 6.32. The molecule has 0 atom stereocenters. The third kappa shape index (κ3) is 3.15. The van der Waals surface area contributed by atoms with Crippen LogP contribution in [-0.2, 0) is 6.54 Å². The Morgan fingerprint density at radius 1 is 1.32 bits per heavy atom. The van der Waals surface area contributed by atoms with E-state index in [1.165, 1.54) is 6.33 Å². The third-order valence-electron chi connectivity index (χ3n) is 2.87. The van der Waals surface area contributed by atoms with E-state index in [1.807, 2.05) is 49.1 Å². The van der Waals surface area contributed by atoms with E-state index in [2.05, 4.69) is 9.97 Å². The maximum absolute atomic E-state index is 11.6. The van der Waals surface area contributed by atoms with Crippen molar-refractivity contribution in [3.8, 4) is 0 Å². The van der Waals surface area contributed by atoms with Crippen molar-refractivity contribution < 1.29 is 0 Å². The van der Waals surface area contributed by atoms with Crippen LogP contribution in [0.15, 0.2) is 41.5 Å². The van der Waals surface area contributed by atoms with Crippen molar-refractivity contribution in [2.24, 2.45) is 0 Å². The number of H-pyrrole nitrogens is 1. The number of anilines is 1. The van der Waals surface area contributed by atoms with Gasteiger partial charge in [0, 0.05) is 12.6 Å². The minimum Gasteiger partial charge on any atom is -0.348 e. The van der Waals surface area contributed by atoms with E-state index < -0.39 is 0 Å². The topological polar surface area (TPSA) is 49.0 Å². The molecule has 1 aromatic heterocycles. The summed E-state index contributed by atoms with van der Waals surface area (Å²) in [6.07, 6.45) is 1.38. The number of aromatic nitrogens is 2. The second-order valence-corrected chi connectivity index (χ2v) is 4.95. The molecule has 0 saturated carbocycles. The summed E-state index contributed by atoms with van der Waals surface area (Å²) in [6, 6.07) is 10.2. The Bertz CT molecular complexity index is 595. The minimum absolute atomic E-state index is 0.132. The molecule has 0 bridgehead atoms. The van der Waals surface area contributed by atoms with Gasteiger partial charge in [0.25, 0.3) is 5.56 Å². The fraction of sp³-hybridized carbons (Fsp3) is 0.286. The van der Waals surface area contributed by atoms with Gasteiger partial charge in [0.1, 0.15) is 5.02 Å². The van der Waals surface area contributed by atoms with Gasteiger partial charge in [0.2, 0.25) is 0 Å². The Kier molecular flexibility index (Phi) is 4.22. The molecule has 0 radical (unpaired) electrons. The van der Waals surface area contributed by atoms with Crippen LogP contribution in [0.1, 0.15) is 19.4 Å². The Morgan fingerprint density at radius 3 is 2.63 bits per heavy atom. The van der Waals surface area contributed by atoms with E-state index in [9.17, 15) is 4.79 Å². The summed E-state index contributed by atoms with van der Waals surface area (Å²) in [5, 5.41) is 0.132. The summed E-state index contributed by atoms with van der Waals surface area (Å²) in [7, 11) is 0. The van der Waals surface area contributed by atoms with Gasteiger partial charge in [0.15, 0.2) is 5.82 Å². The lowest BCUT2D eigenvalue weighted by molar-refractivity contribution is 0.670. The summed E-state index contributed by atoms with van der Waals surface area (Å²) in [6.45, 7) is 4.75. The molecule has 4 nitrogen and oxygen atoms in total. The summed E-state index contributed by atoms with van der Waals surface area (Å²) in [5.74, 6) is 0.518. The Labute approximate surface area is 117 Å². The van der Waals surface area contributed by atoms with Crippen LogP contribution < -0.4 is 10.5 Å². The highest BCUT2D eigenvalue weighted by Crippen LogP contribution is 2.22. The second kappa shape index (κ2) is 5.89. The average molecular weight is 278 g/mol. The van der Waals surface area contributed by atoms with E-state index >= 15 is 0 Å². The molecular weight excluding hydrogens is 262 g/mol. The summed E-state index contributed by atoms with van der Waals surface area (Å²) < 4.78 is 0. The van der Waals surface area contributed by atoms with Crippen LogP contribution >= 0.6 is 11.6 Å². The van der Waals surface area contributed by atoms with Gasteiger partial charge in [-0.05, 0) is 19.4 Å². The zero-order valence-electron chi connectivity index (χ0n) is 10.9. The van der Waals surface area contributed by atoms with Crippen molar-refractivity contribution in [1.82, 2.24) is 9.97 Å². The van der Waals surface area contributed by atoms with Crippen LogP contribution in [0, 0.1) is 0 Å². The van der Waals surface area contributed by atoms with Gasteiger partial charge >= 0.3 is 0 Å². The molecule has 0 spiro atoms. The summed E-state index contributed by atoms with van der Waals surface area (Å²) in [4.78, 5) is 20.2. The predicted octanol–water partition coefficient (Wildman–Crippen LogP) is 2.84. The first kappa shape index (κ1) is 13.6. The molecule has 100 valence electrons. The first-order valence-electron chi connectivity index (χ1n) is 6.13. The van der Waals surface area contributed by atoms with E-state index in [-0.39, 0.29) is 16.6 Å². The number of halogens is 1. The highest BCUT2D eigenvalue weighted by Gasteiger charge is 2.17. The van der Waals surface area contributed by atoms with Crippen molar-refractivity contribution in [2.75, 3.05) is 4.90 Å². The monoisotopic (exact) mass is 277 g/mol. The van der Waals surface area contributed by atoms with E-state index in [0.717, 1.165) is 5.56 Å². The predicted molar refractivity (Wildman–Crippen MR) is 77.6 cm³/mol. The Hall–Kier alpha value is -1.81. The van der Waals surface area contributed by atoms with Gasteiger partial charge in [-0.2, -0.15) is 0 Å². The Morgan fingerprint density at radius 2 is 2.00 bits per heavy atom. The molecule has 0 fully saturated rings. The maximum Gasteiger partial charge on any atom is 0.271 e. The highest BCUT2D eigenvalue weighted by atomic mass is 35.5. The quantitative estimate of drug-likeness (QED) is 0.935. The lowest BCUT2D eigenvalue weighted by atomic mass is 10.2. The third-order valence-corrected chi connectivity index (χ3v) is 3.21. The molecule has 1 N–H and O–H groups in total. The number of nitrogens with zero attached hydrogens (tertiary/aromatic N) is 2. The molecule has 1 aromatic carbocycles. The molecule has 0 amide bonds. The summed E-state index contributed by atoms with van der Waals surface area (Å²) >= 11 is 6.05. The molecule has 5 heteroatoms. The van der Waals surface area contributed by atoms with Gasteiger partial charge in [-0.3, -0.25) is 4.79 Å². The number of benzene rings is 1. The molecule has 2 rings (SSSR count). The second-order valence-electron chi connectivity index (χ2n) is 4.58. The number of hydrogen-bond donors (Lipinski definition) is 1. The number of nitrogens with one attached hydrogen (secondary N) is 1. The number of hydrogen-bond acceptors (Lipinski definition) is 3. The number of rotatable bonds is 4. The van der Waals surface area contributed by atoms with E-state index in [1.54, 1.807) is 0 Å². The molecular formula is C14H16ClN3O. The molecule has 0 aliphatic carbocycles. The van der Waals surface area contributed by atoms with Gasteiger partial charge in [-0.25, -0.2) is 4.98 Å². The van der Waals surface area contributed by atoms with Gasteiger partial charge in [-0.15, -0.1) is 0 Å². The fourth-order valence-electron chi connectivity index (χ4n) is 1.86. The number of aromatic amines is 1. The van der Waals surface area contributed by atoms with Crippen LogP contribution in [0.5, 0.6) is 0 Å². The first-order valence-corrected chi connectivity index (χ1v) is 6.51. The van der Waals surface area contributed by atoms with Crippen LogP contribution in [0.25, 0.3) is 0 Å². The zero-order chi connectivity index (χ0) is 13.8. The SMILES string of the molecule is CC(C)N(Cc1ccccc1)c1nc[nH]c(=O)c1Cl. The molecule has 0 saturated heterocycles. The van der Waals surface area contributed by atoms with Gasteiger partial charge in [-0.1, -0.05) is 41.9 Å². The van der Waals surface area contributed by atoms with Gasteiger partial charge in [0.05, 0.1) is 6.33 Å². The van der Waals surface area contributed by atoms with Crippen molar-refractivity contribution in [3.05, 3.63) is 57.6 Å². The van der Waals surface area contributed by atoms with Crippen LogP contribution in [0.2, 0.25) is 5.02 Å². The standard InChI is InChI=1S/C14H16ClN3O/c1-10(2)18(8-11-6-4-3-5-7-11)13-12(15)14(19)17-9-16-13/h3-7,9-10H,8H2,1-2H3,(H,16,17,19). The largest absolute Gasteiger partial charge is 0.348 e. The van der Waals surface area contributed by atoms with Crippen molar-refractivity contribution in [2.45, 2.75) is 26.4 Å². The Balaban J connectivity index is 2.36. The van der Waals surface area contributed by atoms with Crippen LogP contribution in [0.4, 0.5) is 5.82 Å². The van der Waals surface area contributed by atoms with E-state index in [4.69, 9.17) is 11.6 Å². The summed E-state index contributed by atoms with van der Waals surface area (Å²) in [5.41, 5.74) is 0.833. The van der Waals surface area contributed by atoms with Crippen LogP contribution in [0.3, 0.4) is 0 Å². The molecule has 2 aromatic rings. The van der Waals surface area contributed by atoms with Gasteiger partial charge < -0.3 is 9.88 Å². The average Bonchev–Trinajstić information content (AvgIpc) is 2.40. The lowest BCUT2D eigenvalue weighted by Gasteiger charge is -2.28. The molecule has 19 heavy (non-hydrogen) atoms. The zero-order valence-corrected chi connectivity index (χ0v) is 11.7. The van der Waals surface area contributed by atoms with Crippen molar-refractivity contribution in [1.29, 1.82) is 0 Å². The fourth-order valence-corrected chi connectivity index (χ4v) is 2.07.